The zero-order valence-electron chi connectivity index (χ0n) is 10.8. The van der Waals surface area contributed by atoms with Crippen molar-refractivity contribution in [2.24, 2.45) is 4.40 Å². The van der Waals surface area contributed by atoms with Crippen molar-refractivity contribution in [3.05, 3.63) is 39.9 Å². The quantitative estimate of drug-likeness (QED) is 0.366. The molecule has 1 unspecified atom stereocenters. The number of non-ortho nitro benzene ring substituents is 1. The minimum atomic E-state index is -1.37. The molecule has 1 rings (SSSR count). The average Bonchev–Trinajstić information content (AvgIpc) is 2.27. The lowest BCUT2D eigenvalue weighted by molar-refractivity contribution is -0.384. The van der Waals surface area contributed by atoms with Gasteiger partial charge in [0.2, 0.25) is 0 Å². The number of hydrogen-bond acceptors (Lipinski definition) is 4. The van der Waals surface area contributed by atoms with Gasteiger partial charge >= 0.3 is 0 Å². The van der Waals surface area contributed by atoms with Crippen molar-refractivity contribution in [1.29, 1.82) is 0 Å². The number of nitrogens with zero attached hydrogens (tertiary/aromatic N) is 2. The molecule has 0 aliphatic carbocycles. The van der Waals surface area contributed by atoms with Crippen LogP contribution in [0.15, 0.2) is 28.7 Å². The molecule has 1 aromatic carbocycles. The second kappa shape index (κ2) is 5.49. The van der Waals surface area contributed by atoms with Gasteiger partial charge in [0.05, 0.1) is 10.6 Å². The van der Waals surface area contributed by atoms with Crippen LogP contribution in [0.3, 0.4) is 0 Å². The maximum Gasteiger partial charge on any atom is 0.270 e. The van der Waals surface area contributed by atoms with Gasteiger partial charge in [0.25, 0.3) is 5.69 Å². The van der Waals surface area contributed by atoms with Crippen LogP contribution in [0, 0.1) is 10.1 Å². The molecule has 0 aliphatic rings. The number of benzene rings is 1. The summed E-state index contributed by atoms with van der Waals surface area (Å²) in [7, 11) is 0. The molecule has 5 nitrogen and oxygen atoms in total. The van der Waals surface area contributed by atoms with Gasteiger partial charge in [-0.3, -0.25) is 10.1 Å². The van der Waals surface area contributed by atoms with E-state index in [1.807, 2.05) is 20.8 Å². The Kier molecular flexibility index (Phi) is 4.48. The third-order valence-electron chi connectivity index (χ3n) is 2.22. The highest BCUT2D eigenvalue weighted by Gasteiger charge is 2.26. The predicted octanol–water partition coefficient (Wildman–Crippen LogP) is 2.87. The van der Waals surface area contributed by atoms with Gasteiger partial charge in [-0.1, -0.05) is 16.5 Å². The highest BCUT2D eigenvalue weighted by molar-refractivity contribution is 7.91. The molecule has 0 radical (unpaired) electrons. The van der Waals surface area contributed by atoms with E-state index in [4.69, 9.17) is 0 Å². The first-order valence-electron chi connectivity index (χ1n) is 5.44. The van der Waals surface area contributed by atoms with Crippen molar-refractivity contribution in [3.8, 4) is 0 Å². The van der Waals surface area contributed by atoms with E-state index >= 15 is 0 Å². The van der Waals surface area contributed by atoms with Crippen molar-refractivity contribution in [3.63, 3.8) is 0 Å². The van der Waals surface area contributed by atoms with Gasteiger partial charge in [0.15, 0.2) is 0 Å². The predicted molar refractivity (Wildman–Crippen MR) is 73.2 cm³/mol. The number of rotatable bonds is 3. The highest BCUT2D eigenvalue weighted by atomic mass is 32.2. The maximum atomic E-state index is 11.9. The van der Waals surface area contributed by atoms with Crippen LogP contribution in [0.4, 0.5) is 5.69 Å². The SMILES string of the molecule is C/C(=N\[S+]([O-])C(C)(C)C)c1cccc([N+](=O)[O-])c1. The van der Waals surface area contributed by atoms with E-state index in [9.17, 15) is 14.7 Å². The topological polar surface area (TPSA) is 78.6 Å². The lowest BCUT2D eigenvalue weighted by Gasteiger charge is -2.18. The molecule has 0 fully saturated rings. The Morgan fingerprint density at radius 1 is 1.39 bits per heavy atom. The van der Waals surface area contributed by atoms with Crippen LogP contribution in [-0.2, 0) is 11.4 Å². The van der Waals surface area contributed by atoms with E-state index in [1.54, 1.807) is 19.1 Å². The van der Waals surface area contributed by atoms with Crippen molar-refractivity contribution < 1.29 is 9.48 Å². The highest BCUT2D eigenvalue weighted by Crippen LogP contribution is 2.19. The summed E-state index contributed by atoms with van der Waals surface area (Å²) in [4.78, 5) is 10.2. The standard InChI is InChI=1S/C12H16N2O3S/c1-9(13-18(17)12(2,3)4)10-6-5-7-11(8-10)14(15)16/h5-8H,1-4H3/b13-9+. The third kappa shape index (κ3) is 3.82. The fourth-order valence-corrected chi connectivity index (χ4v) is 1.79. The monoisotopic (exact) mass is 268 g/mol. The fraction of sp³-hybridized carbons (Fsp3) is 0.417. The van der Waals surface area contributed by atoms with Crippen LogP contribution in [0.2, 0.25) is 0 Å². The molecule has 0 aliphatic heterocycles. The van der Waals surface area contributed by atoms with Crippen molar-refractivity contribution >= 4 is 22.8 Å². The second-order valence-electron chi connectivity index (χ2n) is 4.85. The molecule has 98 valence electrons. The lowest BCUT2D eigenvalue weighted by atomic mass is 10.1. The van der Waals surface area contributed by atoms with E-state index < -0.39 is 21.0 Å². The number of hydrogen-bond donors (Lipinski definition) is 0. The van der Waals surface area contributed by atoms with E-state index in [1.165, 1.54) is 12.1 Å². The van der Waals surface area contributed by atoms with E-state index in [0.717, 1.165) is 0 Å². The average molecular weight is 268 g/mol. The zero-order chi connectivity index (χ0) is 13.9. The Hall–Kier alpha value is -1.40. The summed E-state index contributed by atoms with van der Waals surface area (Å²) in [5, 5.41) is 10.7. The largest absolute Gasteiger partial charge is 0.591 e. The van der Waals surface area contributed by atoms with Gasteiger partial charge in [-0.2, -0.15) is 0 Å². The summed E-state index contributed by atoms with van der Waals surface area (Å²) in [6.07, 6.45) is 0. The van der Waals surface area contributed by atoms with Crippen LogP contribution < -0.4 is 0 Å². The Morgan fingerprint density at radius 2 is 2.00 bits per heavy atom. The van der Waals surface area contributed by atoms with Crippen LogP contribution >= 0.6 is 0 Å². The van der Waals surface area contributed by atoms with E-state index in [0.29, 0.717) is 11.3 Å². The van der Waals surface area contributed by atoms with Crippen LogP contribution in [-0.4, -0.2) is 19.9 Å². The Balaban J connectivity index is 3.04. The molecule has 1 atom stereocenters. The molecule has 0 amide bonds. The molecule has 0 heterocycles. The number of nitro benzene ring substituents is 1. The van der Waals surface area contributed by atoms with E-state index in [-0.39, 0.29) is 5.69 Å². The molecule has 0 N–H and O–H groups in total. The fourth-order valence-electron chi connectivity index (χ4n) is 1.16. The van der Waals surface area contributed by atoms with Crippen LogP contribution in [0.5, 0.6) is 0 Å². The Morgan fingerprint density at radius 3 is 2.50 bits per heavy atom. The smallest absolute Gasteiger partial charge is 0.270 e. The van der Waals surface area contributed by atoms with Gasteiger partial charge < -0.3 is 4.55 Å². The molecule has 6 heteroatoms. The lowest BCUT2D eigenvalue weighted by Crippen LogP contribution is -2.26. The number of nitro groups is 1. The van der Waals surface area contributed by atoms with Crippen molar-refractivity contribution in [2.75, 3.05) is 0 Å². The normalized spacial score (nSPS) is 14.4. The summed E-state index contributed by atoms with van der Waals surface area (Å²) in [5.74, 6) is 0. The summed E-state index contributed by atoms with van der Waals surface area (Å²) < 4.78 is 15.5. The molecule has 0 saturated heterocycles. The first-order valence-corrected chi connectivity index (χ1v) is 6.54. The minimum Gasteiger partial charge on any atom is -0.591 e. The molecule has 0 saturated carbocycles. The second-order valence-corrected chi connectivity index (χ2v) is 6.75. The third-order valence-corrected chi connectivity index (χ3v) is 3.71. The Labute approximate surface area is 109 Å². The summed E-state index contributed by atoms with van der Waals surface area (Å²) in [5.41, 5.74) is 1.15. The van der Waals surface area contributed by atoms with Gasteiger partial charge in [0, 0.05) is 17.7 Å². The minimum absolute atomic E-state index is 0.00332. The molecular weight excluding hydrogens is 252 g/mol. The molecule has 0 bridgehead atoms. The van der Waals surface area contributed by atoms with Gasteiger partial charge in [-0.25, -0.2) is 0 Å². The van der Waals surface area contributed by atoms with Crippen LogP contribution in [0.25, 0.3) is 0 Å². The van der Waals surface area contributed by atoms with Crippen molar-refractivity contribution in [1.82, 2.24) is 0 Å². The van der Waals surface area contributed by atoms with Crippen LogP contribution in [0.1, 0.15) is 33.3 Å². The summed E-state index contributed by atoms with van der Waals surface area (Å²) >= 11 is -1.37. The van der Waals surface area contributed by atoms with E-state index in [2.05, 4.69) is 4.40 Å². The van der Waals surface area contributed by atoms with Gasteiger partial charge in [0.1, 0.15) is 16.1 Å². The first kappa shape index (κ1) is 14.7. The molecule has 18 heavy (non-hydrogen) atoms. The molecule has 0 aromatic heterocycles. The molecule has 0 spiro atoms. The summed E-state index contributed by atoms with van der Waals surface area (Å²) in [6.45, 7) is 7.18. The molecule has 1 aromatic rings. The van der Waals surface area contributed by atoms with Gasteiger partial charge in [-0.15, -0.1) is 0 Å². The molecular formula is C12H16N2O3S. The first-order chi connectivity index (χ1) is 8.21. The zero-order valence-corrected chi connectivity index (χ0v) is 11.7. The van der Waals surface area contributed by atoms with Gasteiger partial charge in [-0.05, 0) is 27.7 Å². The summed E-state index contributed by atoms with van der Waals surface area (Å²) in [6, 6.07) is 6.15. The van der Waals surface area contributed by atoms with Crippen molar-refractivity contribution in [2.45, 2.75) is 32.4 Å². The maximum absolute atomic E-state index is 11.9. The Bertz CT molecular complexity index is 480.